The molecule has 1 aliphatic rings. The molecular weight excluding hydrogens is 412 g/mol. The van der Waals surface area contributed by atoms with Crippen LogP contribution < -0.4 is 11.1 Å². The summed E-state index contributed by atoms with van der Waals surface area (Å²) in [5.41, 5.74) is 7.40. The van der Waals surface area contributed by atoms with Gasteiger partial charge in [-0.25, -0.2) is 0 Å². The number of thiophene rings is 1. The lowest BCUT2D eigenvalue weighted by atomic mass is 9.72. The van der Waals surface area contributed by atoms with E-state index in [1.54, 1.807) is 12.1 Å². The Balaban J connectivity index is 1.73. The lowest BCUT2D eigenvalue weighted by Crippen LogP contribution is -2.27. The molecule has 0 saturated carbocycles. The monoisotopic (exact) mass is 436 g/mol. The SMILES string of the molecule is CC(C)(C)C1CCc2c(sc(NC(=O)CSc3ccc(Cl)cc3)c2C(N)=O)C1. The first-order chi connectivity index (χ1) is 13.1. The van der Waals surface area contributed by atoms with Crippen LogP contribution in [0.5, 0.6) is 0 Å². The fourth-order valence-corrected chi connectivity index (χ4v) is 5.69. The molecule has 3 N–H and O–H groups in total. The Kier molecular flexibility index (Phi) is 6.42. The first-order valence-electron chi connectivity index (χ1n) is 9.27. The molecule has 0 bridgehead atoms. The van der Waals surface area contributed by atoms with Crippen molar-refractivity contribution < 1.29 is 9.59 Å². The predicted octanol–water partition coefficient (Wildman–Crippen LogP) is 5.38. The highest BCUT2D eigenvalue weighted by atomic mass is 35.5. The van der Waals surface area contributed by atoms with Gasteiger partial charge in [-0.3, -0.25) is 9.59 Å². The Morgan fingerprint density at radius 2 is 1.96 bits per heavy atom. The van der Waals surface area contributed by atoms with Crippen LogP contribution in [-0.4, -0.2) is 17.6 Å². The number of carbonyl (C=O) groups excluding carboxylic acids is 2. The van der Waals surface area contributed by atoms with Gasteiger partial charge in [0.25, 0.3) is 5.91 Å². The molecule has 7 heteroatoms. The van der Waals surface area contributed by atoms with Crippen LogP contribution in [0.2, 0.25) is 5.02 Å². The van der Waals surface area contributed by atoms with E-state index >= 15 is 0 Å². The van der Waals surface area contributed by atoms with Crippen LogP contribution in [-0.2, 0) is 17.6 Å². The lowest BCUT2D eigenvalue weighted by Gasteiger charge is -2.33. The summed E-state index contributed by atoms with van der Waals surface area (Å²) in [5.74, 6) is 0.205. The molecule has 0 saturated heterocycles. The van der Waals surface area contributed by atoms with Gasteiger partial charge in [-0.05, 0) is 60.4 Å². The largest absolute Gasteiger partial charge is 0.365 e. The molecule has 4 nitrogen and oxygen atoms in total. The zero-order valence-electron chi connectivity index (χ0n) is 16.3. The van der Waals surface area contributed by atoms with Crippen LogP contribution in [0.15, 0.2) is 29.2 Å². The molecule has 1 aromatic carbocycles. The molecular formula is C21H25ClN2O2S2. The summed E-state index contributed by atoms with van der Waals surface area (Å²) >= 11 is 8.82. The number of halogens is 1. The number of hydrogen-bond acceptors (Lipinski definition) is 4. The quantitative estimate of drug-likeness (QED) is 0.618. The van der Waals surface area contributed by atoms with Gasteiger partial charge in [0, 0.05) is 14.8 Å². The number of anilines is 1. The third-order valence-corrected chi connectivity index (χ3v) is 7.61. The maximum atomic E-state index is 12.5. The number of thioether (sulfide) groups is 1. The molecule has 1 atom stereocenters. The fraction of sp³-hybridized carbons (Fsp3) is 0.429. The summed E-state index contributed by atoms with van der Waals surface area (Å²) in [6.07, 6.45) is 2.80. The van der Waals surface area contributed by atoms with Gasteiger partial charge in [0.1, 0.15) is 5.00 Å². The van der Waals surface area contributed by atoms with Crippen molar-refractivity contribution in [1.29, 1.82) is 0 Å². The van der Waals surface area contributed by atoms with E-state index in [1.807, 2.05) is 12.1 Å². The van der Waals surface area contributed by atoms with E-state index in [9.17, 15) is 9.59 Å². The summed E-state index contributed by atoms with van der Waals surface area (Å²) in [6.45, 7) is 6.76. The first kappa shape index (κ1) is 21.2. The van der Waals surface area contributed by atoms with E-state index in [0.29, 0.717) is 21.5 Å². The van der Waals surface area contributed by atoms with Gasteiger partial charge < -0.3 is 11.1 Å². The van der Waals surface area contributed by atoms with E-state index in [2.05, 4.69) is 26.1 Å². The average molecular weight is 437 g/mol. The standard InChI is InChI=1S/C21H25ClN2O2S2/c1-21(2,3)12-4-9-15-16(10-12)28-20(18(15)19(23)26)24-17(25)11-27-14-7-5-13(22)6-8-14/h5-8,12H,4,9-11H2,1-3H3,(H2,23,26)(H,24,25). The minimum absolute atomic E-state index is 0.145. The Bertz CT molecular complexity index is 885. The molecule has 3 rings (SSSR count). The van der Waals surface area contributed by atoms with Crippen LogP contribution in [0, 0.1) is 11.3 Å². The number of primary amides is 1. The number of amides is 2. The van der Waals surface area contributed by atoms with Gasteiger partial charge in [-0.15, -0.1) is 23.1 Å². The van der Waals surface area contributed by atoms with Crippen LogP contribution in [0.1, 0.15) is 48.0 Å². The van der Waals surface area contributed by atoms with Crippen LogP contribution in [0.4, 0.5) is 5.00 Å². The maximum Gasteiger partial charge on any atom is 0.251 e. The van der Waals surface area contributed by atoms with Gasteiger partial charge >= 0.3 is 0 Å². The Morgan fingerprint density at radius 3 is 2.57 bits per heavy atom. The first-order valence-corrected chi connectivity index (χ1v) is 11.5. The molecule has 1 heterocycles. The van der Waals surface area contributed by atoms with Gasteiger partial charge in [0.2, 0.25) is 5.91 Å². The molecule has 2 amide bonds. The van der Waals surface area contributed by atoms with Crippen molar-refractivity contribution in [3.05, 3.63) is 45.3 Å². The fourth-order valence-electron chi connectivity index (χ4n) is 3.52. The number of fused-ring (bicyclic) bond motifs is 1. The molecule has 1 aliphatic carbocycles. The van der Waals surface area contributed by atoms with E-state index in [-0.39, 0.29) is 17.1 Å². The molecule has 0 fully saturated rings. The highest BCUT2D eigenvalue weighted by Gasteiger charge is 2.33. The zero-order valence-corrected chi connectivity index (χ0v) is 18.7. The summed E-state index contributed by atoms with van der Waals surface area (Å²) in [6, 6.07) is 7.36. The van der Waals surface area contributed by atoms with E-state index < -0.39 is 5.91 Å². The van der Waals surface area contributed by atoms with Crippen molar-refractivity contribution in [3.8, 4) is 0 Å². The molecule has 0 aliphatic heterocycles. The second kappa shape index (κ2) is 8.47. The van der Waals surface area contributed by atoms with Crippen molar-refractivity contribution in [2.45, 2.75) is 44.9 Å². The third kappa shape index (κ3) is 4.91. The zero-order chi connectivity index (χ0) is 20.5. The predicted molar refractivity (Wildman–Crippen MR) is 119 cm³/mol. The van der Waals surface area contributed by atoms with Crippen molar-refractivity contribution >= 4 is 51.5 Å². The van der Waals surface area contributed by atoms with Gasteiger partial charge in [0.05, 0.1) is 11.3 Å². The van der Waals surface area contributed by atoms with Crippen molar-refractivity contribution in [2.24, 2.45) is 17.1 Å². The van der Waals surface area contributed by atoms with Crippen molar-refractivity contribution in [3.63, 3.8) is 0 Å². The summed E-state index contributed by atoms with van der Waals surface area (Å²) in [5, 5.41) is 4.17. The highest BCUT2D eigenvalue weighted by molar-refractivity contribution is 8.00. The second-order valence-electron chi connectivity index (χ2n) is 8.17. The average Bonchev–Trinajstić information content (AvgIpc) is 2.97. The highest BCUT2D eigenvalue weighted by Crippen LogP contribution is 2.44. The number of carbonyl (C=O) groups is 2. The molecule has 0 spiro atoms. The van der Waals surface area contributed by atoms with E-state index in [1.165, 1.54) is 28.0 Å². The minimum atomic E-state index is -0.465. The normalized spacial score (nSPS) is 16.5. The number of nitrogens with one attached hydrogen (secondary N) is 1. The van der Waals surface area contributed by atoms with Crippen LogP contribution in [0.25, 0.3) is 0 Å². The second-order valence-corrected chi connectivity index (χ2v) is 10.8. The van der Waals surface area contributed by atoms with Crippen molar-refractivity contribution in [1.82, 2.24) is 0 Å². The van der Waals surface area contributed by atoms with Gasteiger partial charge in [-0.1, -0.05) is 32.4 Å². The number of hydrogen-bond donors (Lipinski definition) is 2. The Morgan fingerprint density at radius 1 is 1.29 bits per heavy atom. The Labute approximate surface area is 179 Å². The number of benzene rings is 1. The lowest BCUT2D eigenvalue weighted by molar-refractivity contribution is -0.113. The van der Waals surface area contributed by atoms with Crippen molar-refractivity contribution in [2.75, 3.05) is 11.1 Å². The van der Waals surface area contributed by atoms with Gasteiger partial charge in [-0.2, -0.15) is 0 Å². The topological polar surface area (TPSA) is 72.2 Å². The van der Waals surface area contributed by atoms with Gasteiger partial charge in [0.15, 0.2) is 0 Å². The van der Waals surface area contributed by atoms with Crippen LogP contribution in [0.3, 0.4) is 0 Å². The molecule has 28 heavy (non-hydrogen) atoms. The summed E-state index contributed by atoms with van der Waals surface area (Å²) in [7, 11) is 0. The summed E-state index contributed by atoms with van der Waals surface area (Å²) < 4.78 is 0. The van der Waals surface area contributed by atoms with E-state index in [0.717, 1.165) is 29.7 Å². The minimum Gasteiger partial charge on any atom is -0.365 e. The number of rotatable bonds is 5. The van der Waals surface area contributed by atoms with Crippen LogP contribution >= 0.6 is 34.7 Å². The smallest absolute Gasteiger partial charge is 0.251 e. The molecule has 2 aromatic rings. The number of nitrogens with two attached hydrogens (primary N) is 1. The summed E-state index contributed by atoms with van der Waals surface area (Å²) in [4.78, 5) is 26.7. The maximum absolute atomic E-state index is 12.5. The molecule has 0 radical (unpaired) electrons. The third-order valence-electron chi connectivity index (χ3n) is 5.17. The Hall–Kier alpha value is -1.50. The molecule has 1 unspecified atom stereocenters. The molecule has 150 valence electrons. The van der Waals surface area contributed by atoms with E-state index in [4.69, 9.17) is 17.3 Å². The molecule has 1 aromatic heterocycles.